The molecule has 0 bridgehead atoms. The summed E-state index contributed by atoms with van der Waals surface area (Å²) in [5.41, 5.74) is 2.06. The second-order valence-electron chi connectivity index (χ2n) is 5.04. The predicted molar refractivity (Wildman–Crippen MR) is 71.6 cm³/mol. The first kappa shape index (κ1) is 13.3. The molecule has 1 aliphatic rings. The molecule has 0 radical (unpaired) electrons. The van der Waals surface area contributed by atoms with Crippen LogP contribution < -0.4 is 10.1 Å². The number of methoxy groups -OCH3 is 1. The topological polar surface area (TPSA) is 21.3 Å². The summed E-state index contributed by atoms with van der Waals surface area (Å²) in [5, 5.41) is 3.40. The fraction of sp³-hybridized carbons (Fsp3) is 0.600. The summed E-state index contributed by atoms with van der Waals surface area (Å²) in [6.45, 7) is 4.19. The van der Waals surface area contributed by atoms with Crippen molar-refractivity contribution in [1.29, 1.82) is 0 Å². The van der Waals surface area contributed by atoms with Crippen LogP contribution in [-0.4, -0.2) is 20.2 Å². The average molecular weight is 251 g/mol. The molecule has 1 saturated heterocycles. The number of aryl methyl sites for hydroxylation is 1. The number of ether oxygens (including phenoxy) is 1. The lowest BCUT2D eigenvalue weighted by molar-refractivity contribution is 0.354. The van der Waals surface area contributed by atoms with Crippen LogP contribution in [0.1, 0.15) is 30.9 Å². The van der Waals surface area contributed by atoms with Crippen LogP contribution in [0.2, 0.25) is 0 Å². The molecule has 2 nitrogen and oxygen atoms in total. The van der Waals surface area contributed by atoms with Gasteiger partial charge in [0.05, 0.1) is 7.11 Å². The van der Waals surface area contributed by atoms with Crippen molar-refractivity contribution < 1.29 is 9.13 Å². The molecule has 1 heterocycles. The van der Waals surface area contributed by atoms with E-state index in [9.17, 15) is 4.39 Å². The summed E-state index contributed by atoms with van der Waals surface area (Å²) >= 11 is 0. The average Bonchev–Trinajstić information content (AvgIpc) is 2.39. The van der Waals surface area contributed by atoms with E-state index in [0.29, 0.717) is 11.7 Å². The zero-order valence-electron chi connectivity index (χ0n) is 11.3. The highest BCUT2D eigenvalue weighted by molar-refractivity contribution is 5.39. The van der Waals surface area contributed by atoms with Crippen LogP contribution >= 0.6 is 0 Å². The molecule has 18 heavy (non-hydrogen) atoms. The summed E-state index contributed by atoms with van der Waals surface area (Å²) in [5.74, 6) is 0.799. The van der Waals surface area contributed by atoms with Gasteiger partial charge >= 0.3 is 0 Å². The molecule has 1 N–H and O–H groups in total. The zero-order valence-corrected chi connectivity index (χ0v) is 11.3. The molecule has 1 aromatic carbocycles. The van der Waals surface area contributed by atoms with E-state index >= 15 is 0 Å². The van der Waals surface area contributed by atoms with Crippen LogP contribution in [-0.2, 0) is 12.8 Å². The van der Waals surface area contributed by atoms with Crippen molar-refractivity contribution in [2.24, 2.45) is 5.92 Å². The Morgan fingerprint density at radius 1 is 1.44 bits per heavy atom. The fourth-order valence-electron chi connectivity index (χ4n) is 2.71. The Hall–Kier alpha value is -1.09. The molecular formula is C15H22FNO. The van der Waals surface area contributed by atoms with Crippen LogP contribution in [0.3, 0.4) is 0 Å². The first-order valence-electron chi connectivity index (χ1n) is 6.80. The smallest absolute Gasteiger partial charge is 0.165 e. The van der Waals surface area contributed by atoms with Gasteiger partial charge in [0.1, 0.15) is 0 Å². The lowest BCUT2D eigenvalue weighted by Crippen LogP contribution is -2.31. The van der Waals surface area contributed by atoms with E-state index in [-0.39, 0.29) is 5.82 Å². The fourth-order valence-corrected chi connectivity index (χ4v) is 2.71. The Bertz CT molecular complexity index is 400. The van der Waals surface area contributed by atoms with Gasteiger partial charge in [-0.15, -0.1) is 0 Å². The van der Waals surface area contributed by atoms with Crippen LogP contribution in [0.4, 0.5) is 4.39 Å². The molecule has 1 aliphatic heterocycles. The summed E-state index contributed by atoms with van der Waals surface area (Å²) < 4.78 is 19.1. The number of benzene rings is 1. The second kappa shape index (κ2) is 6.19. The summed E-state index contributed by atoms with van der Waals surface area (Å²) in [4.78, 5) is 0. The molecule has 0 amide bonds. The molecule has 0 spiro atoms. The predicted octanol–water partition coefficient (Wildman–Crippen LogP) is 2.94. The SMILES string of the molecule is CCc1cc(F)c(OC)c(CC2CCCNC2)c1. The third-order valence-corrected chi connectivity index (χ3v) is 3.70. The highest BCUT2D eigenvalue weighted by Crippen LogP contribution is 2.28. The molecule has 1 aromatic rings. The molecule has 100 valence electrons. The van der Waals surface area contributed by atoms with Gasteiger partial charge in [0.25, 0.3) is 0 Å². The van der Waals surface area contributed by atoms with E-state index in [1.165, 1.54) is 12.8 Å². The summed E-state index contributed by atoms with van der Waals surface area (Å²) in [6, 6.07) is 3.68. The van der Waals surface area contributed by atoms with Gasteiger partial charge in [0.15, 0.2) is 11.6 Å². The number of halogens is 1. The Kier molecular flexibility index (Phi) is 4.59. The maximum Gasteiger partial charge on any atom is 0.165 e. The molecule has 1 atom stereocenters. The normalized spacial score (nSPS) is 19.8. The van der Waals surface area contributed by atoms with Gasteiger partial charge in [-0.25, -0.2) is 4.39 Å². The van der Waals surface area contributed by atoms with Crippen molar-refractivity contribution in [3.05, 3.63) is 29.1 Å². The van der Waals surface area contributed by atoms with Gasteiger partial charge in [0.2, 0.25) is 0 Å². The standard InChI is InChI=1S/C15H22FNO/c1-3-11-7-13(15(18-2)14(16)9-11)8-12-5-4-6-17-10-12/h7,9,12,17H,3-6,8,10H2,1-2H3. The van der Waals surface area contributed by atoms with E-state index in [2.05, 4.69) is 11.4 Å². The molecule has 1 unspecified atom stereocenters. The van der Waals surface area contributed by atoms with E-state index in [1.807, 2.05) is 6.92 Å². The van der Waals surface area contributed by atoms with Gasteiger partial charge in [-0.3, -0.25) is 0 Å². The van der Waals surface area contributed by atoms with Crippen molar-refractivity contribution in [3.8, 4) is 5.75 Å². The minimum atomic E-state index is -0.226. The molecule has 0 aliphatic carbocycles. The highest BCUT2D eigenvalue weighted by atomic mass is 19.1. The van der Waals surface area contributed by atoms with Gasteiger partial charge in [-0.05, 0) is 61.9 Å². The van der Waals surface area contributed by atoms with Crippen molar-refractivity contribution in [1.82, 2.24) is 5.32 Å². The zero-order chi connectivity index (χ0) is 13.0. The number of hydrogen-bond donors (Lipinski definition) is 1. The third kappa shape index (κ3) is 3.02. The number of hydrogen-bond acceptors (Lipinski definition) is 2. The van der Waals surface area contributed by atoms with E-state index < -0.39 is 0 Å². The van der Waals surface area contributed by atoms with Crippen molar-refractivity contribution in [3.63, 3.8) is 0 Å². The lowest BCUT2D eigenvalue weighted by Gasteiger charge is -2.23. The largest absolute Gasteiger partial charge is 0.493 e. The van der Waals surface area contributed by atoms with E-state index in [1.54, 1.807) is 13.2 Å². The monoisotopic (exact) mass is 251 g/mol. The van der Waals surface area contributed by atoms with E-state index in [4.69, 9.17) is 4.74 Å². The maximum atomic E-state index is 13.9. The number of piperidine rings is 1. The first-order chi connectivity index (χ1) is 8.74. The Labute approximate surface area is 109 Å². The first-order valence-corrected chi connectivity index (χ1v) is 6.80. The Morgan fingerprint density at radius 2 is 2.28 bits per heavy atom. The van der Waals surface area contributed by atoms with Crippen molar-refractivity contribution in [2.45, 2.75) is 32.6 Å². The Balaban J connectivity index is 2.20. The molecule has 0 saturated carbocycles. The third-order valence-electron chi connectivity index (χ3n) is 3.70. The number of nitrogens with one attached hydrogen (secondary N) is 1. The van der Waals surface area contributed by atoms with Gasteiger partial charge in [-0.2, -0.15) is 0 Å². The minimum absolute atomic E-state index is 0.226. The van der Waals surface area contributed by atoms with Crippen LogP contribution in [0, 0.1) is 11.7 Å². The lowest BCUT2D eigenvalue weighted by atomic mass is 9.91. The maximum absolute atomic E-state index is 13.9. The van der Waals surface area contributed by atoms with Crippen LogP contribution in [0.25, 0.3) is 0 Å². The second-order valence-corrected chi connectivity index (χ2v) is 5.04. The van der Waals surface area contributed by atoms with Crippen LogP contribution in [0.15, 0.2) is 12.1 Å². The molecule has 1 fully saturated rings. The quantitative estimate of drug-likeness (QED) is 0.888. The summed E-state index contributed by atoms with van der Waals surface area (Å²) in [6.07, 6.45) is 4.19. The van der Waals surface area contributed by atoms with Crippen molar-refractivity contribution >= 4 is 0 Å². The van der Waals surface area contributed by atoms with E-state index in [0.717, 1.165) is 37.1 Å². The van der Waals surface area contributed by atoms with Crippen LogP contribution in [0.5, 0.6) is 5.75 Å². The molecule has 0 aromatic heterocycles. The van der Waals surface area contributed by atoms with Gasteiger partial charge in [-0.1, -0.05) is 13.0 Å². The minimum Gasteiger partial charge on any atom is -0.493 e. The van der Waals surface area contributed by atoms with Gasteiger partial charge in [0, 0.05) is 0 Å². The number of rotatable bonds is 4. The highest BCUT2D eigenvalue weighted by Gasteiger charge is 2.18. The molecule has 3 heteroatoms. The van der Waals surface area contributed by atoms with Crippen molar-refractivity contribution in [2.75, 3.05) is 20.2 Å². The summed E-state index contributed by atoms with van der Waals surface area (Å²) in [7, 11) is 1.55. The molecule has 2 rings (SSSR count). The van der Waals surface area contributed by atoms with Gasteiger partial charge < -0.3 is 10.1 Å². The molecular weight excluding hydrogens is 229 g/mol. The Morgan fingerprint density at radius 3 is 2.89 bits per heavy atom.